The number of anilines is 1. The molecule has 1 atom stereocenters. The number of hydrogen-bond acceptors (Lipinski definition) is 3. The van der Waals surface area contributed by atoms with Gasteiger partial charge in [0.2, 0.25) is 10.0 Å². The summed E-state index contributed by atoms with van der Waals surface area (Å²) in [5.41, 5.74) is 2.84. The van der Waals surface area contributed by atoms with Crippen molar-refractivity contribution in [3.8, 4) is 0 Å². The Morgan fingerprint density at radius 1 is 1.14 bits per heavy atom. The van der Waals surface area contributed by atoms with E-state index in [9.17, 15) is 8.42 Å². The zero-order valence-corrected chi connectivity index (χ0v) is 14.2. The summed E-state index contributed by atoms with van der Waals surface area (Å²) in [5.74, 6) is 0. The van der Waals surface area contributed by atoms with Crippen LogP contribution in [0.25, 0.3) is 0 Å². The third-order valence-electron chi connectivity index (χ3n) is 3.28. The lowest BCUT2D eigenvalue weighted by Crippen LogP contribution is -2.13. The van der Waals surface area contributed by atoms with E-state index in [1.54, 1.807) is 12.1 Å². The minimum atomic E-state index is -3.69. The Kier molecular flexibility index (Phi) is 4.70. The van der Waals surface area contributed by atoms with Gasteiger partial charge in [0.25, 0.3) is 0 Å². The highest BCUT2D eigenvalue weighted by molar-refractivity contribution is 9.10. The fourth-order valence-corrected chi connectivity index (χ4v) is 2.81. The molecule has 0 bridgehead atoms. The minimum Gasteiger partial charge on any atom is -0.378 e. The van der Waals surface area contributed by atoms with Crippen LogP contribution in [-0.4, -0.2) is 8.42 Å². The first-order valence-electron chi connectivity index (χ1n) is 6.43. The van der Waals surface area contributed by atoms with E-state index in [1.807, 2.05) is 38.1 Å². The molecule has 4 nitrogen and oxygen atoms in total. The smallest absolute Gasteiger partial charge is 0.238 e. The van der Waals surface area contributed by atoms with E-state index in [1.165, 1.54) is 6.07 Å². The Labute approximate surface area is 133 Å². The van der Waals surface area contributed by atoms with Crippen LogP contribution in [0.4, 0.5) is 5.69 Å². The molecule has 2 rings (SSSR count). The van der Waals surface area contributed by atoms with E-state index in [2.05, 4.69) is 21.2 Å². The van der Waals surface area contributed by atoms with Crippen LogP contribution in [0.3, 0.4) is 0 Å². The predicted molar refractivity (Wildman–Crippen MR) is 88.7 cm³/mol. The monoisotopic (exact) mass is 368 g/mol. The van der Waals surface area contributed by atoms with Crippen molar-refractivity contribution in [2.45, 2.75) is 24.8 Å². The summed E-state index contributed by atoms with van der Waals surface area (Å²) in [6.07, 6.45) is 0. The molecule has 0 heterocycles. The summed E-state index contributed by atoms with van der Waals surface area (Å²) >= 11 is 3.40. The highest BCUT2D eigenvalue weighted by Crippen LogP contribution is 2.25. The molecule has 0 amide bonds. The number of nitrogens with two attached hydrogens (primary N) is 1. The fourth-order valence-electron chi connectivity index (χ4n) is 2.00. The van der Waals surface area contributed by atoms with Gasteiger partial charge < -0.3 is 5.32 Å². The molecule has 0 spiro atoms. The standard InChI is InChI=1S/C15H17BrN2O2S/c1-10-3-8-14(21(17,19)20)9-15(10)18-11(2)12-4-6-13(16)7-5-12/h3-9,11,18H,1-2H3,(H2,17,19,20). The molecular weight excluding hydrogens is 352 g/mol. The van der Waals surface area contributed by atoms with E-state index >= 15 is 0 Å². The maximum Gasteiger partial charge on any atom is 0.238 e. The van der Waals surface area contributed by atoms with Gasteiger partial charge in [0, 0.05) is 16.2 Å². The Bertz CT molecular complexity index is 743. The maximum absolute atomic E-state index is 11.4. The lowest BCUT2D eigenvalue weighted by Gasteiger charge is -2.18. The van der Waals surface area contributed by atoms with Crippen molar-refractivity contribution in [1.29, 1.82) is 0 Å². The quantitative estimate of drug-likeness (QED) is 0.865. The van der Waals surface area contributed by atoms with Crippen molar-refractivity contribution in [3.05, 3.63) is 58.1 Å². The average molecular weight is 369 g/mol. The number of primary sulfonamides is 1. The van der Waals surface area contributed by atoms with E-state index in [0.29, 0.717) is 0 Å². The lowest BCUT2D eigenvalue weighted by molar-refractivity contribution is 0.598. The molecule has 21 heavy (non-hydrogen) atoms. The zero-order valence-electron chi connectivity index (χ0n) is 11.8. The third kappa shape index (κ3) is 4.06. The van der Waals surface area contributed by atoms with Gasteiger partial charge >= 0.3 is 0 Å². The molecule has 2 aromatic carbocycles. The Morgan fingerprint density at radius 3 is 2.33 bits per heavy atom. The van der Waals surface area contributed by atoms with Crippen molar-refractivity contribution in [2.24, 2.45) is 5.14 Å². The van der Waals surface area contributed by atoms with Gasteiger partial charge in [-0.2, -0.15) is 0 Å². The molecule has 0 saturated heterocycles. The first kappa shape index (κ1) is 16.0. The number of nitrogens with one attached hydrogen (secondary N) is 1. The summed E-state index contributed by atoms with van der Waals surface area (Å²) in [6.45, 7) is 3.94. The minimum absolute atomic E-state index is 0.0486. The van der Waals surface area contributed by atoms with Crippen molar-refractivity contribution in [3.63, 3.8) is 0 Å². The van der Waals surface area contributed by atoms with Gasteiger partial charge in [-0.15, -0.1) is 0 Å². The number of aryl methyl sites for hydroxylation is 1. The van der Waals surface area contributed by atoms with Crippen LogP contribution in [-0.2, 0) is 10.0 Å². The fraction of sp³-hybridized carbons (Fsp3) is 0.200. The molecule has 0 aliphatic rings. The highest BCUT2D eigenvalue weighted by atomic mass is 79.9. The van der Waals surface area contributed by atoms with Crippen molar-refractivity contribution in [1.82, 2.24) is 0 Å². The molecule has 0 radical (unpaired) electrons. The van der Waals surface area contributed by atoms with E-state index in [0.717, 1.165) is 21.3 Å². The lowest BCUT2D eigenvalue weighted by atomic mass is 10.1. The Balaban J connectivity index is 2.28. The summed E-state index contributed by atoms with van der Waals surface area (Å²) in [4.78, 5) is 0.110. The van der Waals surface area contributed by atoms with Gasteiger partial charge in [0.15, 0.2) is 0 Å². The normalized spacial score (nSPS) is 13.0. The van der Waals surface area contributed by atoms with Crippen LogP contribution in [0, 0.1) is 6.92 Å². The molecule has 0 aliphatic carbocycles. The molecule has 0 fully saturated rings. The number of benzene rings is 2. The first-order valence-corrected chi connectivity index (χ1v) is 8.77. The third-order valence-corrected chi connectivity index (χ3v) is 4.72. The largest absolute Gasteiger partial charge is 0.378 e. The number of sulfonamides is 1. The summed E-state index contributed by atoms with van der Waals surface area (Å²) in [5, 5.41) is 8.50. The van der Waals surface area contributed by atoms with Gasteiger partial charge in [0.1, 0.15) is 0 Å². The number of halogens is 1. The molecule has 0 aliphatic heterocycles. The second-order valence-corrected chi connectivity index (χ2v) is 7.42. The summed E-state index contributed by atoms with van der Waals surface area (Å²) < 4.78 is 23.9. The zero-order chi connectivity index (χ0) is 15.6. The molecule has 6 heteroatoms. The SMILES string of the molecule is Cc1ccc(S(N)(=O)=O)cc1NC(C)c1ccc(Br)cc1. The second kappa shape index (κ2) is 6.17. The van der Waals surface area contributed by atoms with Crippen LogP contribution in [0.1, 0.15) is 24.1 Å². The average Bonchev–Trinajstić information content (AvgIpc) is 2.40. The van der Waals surface area contributed by atoms with Crippen LogP contribution in [0.2, 0.25) is 0 Å². The van der Waals surface area contributed by atoms with Crippen LogP contribution in [0.5, 0.6) is 0 Å². The topological polar surface area (TPSA) is 72.2 Å². The first-order chi connectivity index (χ1) is 9.77. The molecule has 3 N–H and O–H groups in total. The van der Waals surface area contributed by atoms with E-state index in [-0.39, 0.29) is 10.9 Å². The van der Waals surface area contributed by atoms with Crippen molar-refractivity contribution in [2.75, 3.05) is 5.32 Å². The van der Waals surface area contributed by atoms with Crippen LogP contribution in [0.15, 0.2) is 51.8 Å². The van der Waals surface area contributed by atoms with Crippen molar-refractivity contribution < 1.29 is 8.42 Å². The van der Waals surface area contributed by atoms with Gasteiger partial charge in [0.05, 0.1) is 4.90 Å². The van der Waals surface area contributed by atoms with Gasteiger partial charge in [-0.25, -0.2) is 13.6 Å². The van der Waals surface area contributed by atoms with E-state index < -0.39 is 10.0 Å². The summed E-state index contributed by atoms with van der Waals surface area (Å²) in [7, 11) is -3.69. The molecule has 2 aromatic rings. The Morgan fingerprint density at radius 2 is 1.76 bits per heavy atom. The van der Waals surface area contributed by atoms with Crippen LogP contribution < -0.4 is 10.5 Å². The van der Waals surface area contributed by atoms with Crippen molar-refractivity contribution >= 4 is 31.6 Å². The van der Waals surface area contributed by atoms with Gasteiger partial charge in [-0.3, -0.25) is 0 Å². The van der Waals surface area contributed by atoms with E-state index in [4.69, 9.17) is 5.14 Å². The second-order valence-electron chi connectivity index (χ2n) is 4.94. The van der Waals surface area contributed by atoms with Gasteiger partial charge in [-0.1, -0.05) is 34.1 Å². The Hall–Kier alpha value is -1.37. The highest BCUT2D eigenvalue weighted by Gasteiger charge is 2.12. The molecule has 1 unspecified atom stereocenters. The maximum atomic E-state index is 11.4. The van der Waals surface area contributed by atoms with Crippen LogP contribution >= 0.6 is 15.9 Å². The molecule has 0 aromatic heterocycles. The number of rotatable bonds is 4. The molecule has 0 saturated carbocycles. The molecule has 112 valence electrons. The molecular formula is C15H17BrN2O2S. The number of hydrogen-bond donors (Lipinski definition) is 2. The summed E-state index contributed by atoms with van der Waals surface area (Å²) in [6, 6.07) is 12.9. The predicted octanol–water partition coefficient (Wildman–Crippen LogP) is 3.58. The van der Waals surface area contributed by atoms with Gasteiger partial charge in [-0.05, 0) is 49.2 Å².